The van der Waals surface area contributed by atoms with Crippen LogP contribution in [0.3, 0.4) is 0 Å². The maximum atomic E-state index is 12.3. The van der Waals surface area contributed by atoms with Gasteiger partial charge in [0.25, 0.3) is 0 Å². The number of carbonyl (C=O) groups excluding carboxylic acids is 1. The van der Waals surface area contributed by atoms with Gasteiger partial charge in [0.2, 0.25) is 12.3 Å². The molecule has 1 unspecified atom stereocenters. The lowest BCUT2D eigenvalue weighted by Gasteiger charge is -2.14. The van der Waals surface area contributed by atoms with Crippen molar-refractivity contribution in [2.45, 2.75) is 17.7 Å². The van der Waals surface area contributed by atoms with Crippen LogP contribution in [0, 0.1) is 5.92 Å². The molecule has 1 heterocycles. The van der Waals surface area contributed by atoms with Crippen molar-refractivity contribution in [2.24, 2.45) is 5.92 Å². The second kappa shape index (κ2) is 7.24. The predicted molar refractivity (Wildman–Crippen MR) is 77.8 cm³/mol. The first-order valence-electron chi connectivity index (χ1n) is 6.29. The molecule has 0 aliphatic carbocycles. The monoisotopic (exact) mass is 320 g/mol. The van der Waals surface area contributed by atoms with Gasteiger partial charge in [-0.1, -0.05) is 17.7 Å². The van der Waals surface area contributed by atoms with Crippen molar-refractivity contribution in [2.75, 3.05) is 24.2 Å². The summed E-state index contributed by atoms with van der Waals surface area (Å²) in [6.45, 7) is 1.46. The smallest absolute Gasteiger partial charge is 0.247 e. The Hall–Kier alpha value is -0.850. The van der Waals surface area contributed by atoms with Gasteiger partial charge >= 0.3 is 0 Å². The number of halogens is 3. The molecule has 1 aliphatic heterocycles. The highest BCUT2D eigenvalue weighted by atomic mass is 35.5. The Morgan fingerprint density at radius 2 is 2.35 bits per heavy atom. The first-order valence-corrected chi connectivity index (χ1v) is 7.65. The Balaban J connectivity index is 2.09. The second-order valence-electron chi connectivity index (χ2n) is 4.50. The van der Waals surface area contributed by atoms with E-state index in [1.807, 2.05) is 0 Å². The molecule has 0 spiro atoms. The summed E-state index contributed by atoms with van der Waals surface area (Å²) in [7, 11) is 0. The van der Waals surface area contributed by atoms with Gasteiger partial charge in [-0.15, -0.1) is 11.8 Å². The van der Waals surface area contributed by atoms with Crippen molar-refractivity contribution in [1.82, 2.24) is 5.32 Å². The van der Waals surface area contributed by atoms with E-state index in [-0.39, 0.29) is 17.6 Å². The average Bonchev–Trinajstić information content (AvgIpc) is 2.91. The summed E-state index contributed by atoms with van der Waals surface area (Å²) in [6, 6.07) is 5.00. The third-order valence-corrected chi connectivity index (χ3v) is 4.58. The molecule has 3 nitrogen and oxygen atoms in total. The maximum Gasteiger partial charge on any atom is 0.247 e. The Labute approximate surface area is 125 Å². The number of hydrogen-bond donors (Lipinski definition) is 2. The molecule has 2 N–H and O–H groups in total. The molecule has 110 valence electrons. The van der Waals surface area contributed by atoms with Crippen LogP contribution in [0.15, 0.2) is 23.1 Å². The molecule has 1 fully saturated rings. The Bertz CT molecular complexity index is 481. The van der Waals surface area contributed by atoms with Gasteiger partial charge in [0, 0.05) is 11.4 Å². The van der Waals surface area contributed by atoms with E-state index in [0.717, 1.165) is 24.7 Å². The molecule has 1 saturated heterocycles. The summed E-state index contributed by atoms with van der Waals surface area (Å²) in [5.74, 6) is -0.532. The van der Waals surface area contributed by atoms with Gasteiger partial charge in [0.05, 0.1) is 22.4 Å². The molecule has 0 bridgehead atoms. The zero-order chi connectivity index (χ0) is 14.5. The summed E-state index contributed by atoms with van der Waals surface area (Å²) in [5.41, 5.74) is 0.500. The number of anilines is 1. The average molecular weight is 321 g/mol. The molecular weight excluding hydrogens is 306 g/mol. The van der Waals surface area contributed by atoms with Crippen molar-refractivity contribution in [1.29, 1.82) is 0 Å². The lowest BCUT2D eigenvalue weighted by Crippen LogP contribution is -2.24. The molecule has 1 aromatic carbocycles. The van der Waals surface area contributed by atoms with Gasteiger partial charge < -0.3 is 10.6 Å². The summed E-state index contributed by atoms with van der Waals surface area (Å²) < 4.78 is 24.7. The van der Waals surface area contributed by atoms with Crippen LogP contribution in [0.25, 0.3) is 0 Å². The van der Waals surface area contributed by atoms with E-state index in [2.05, 4.69) is 10.6 Å². The number of alkyl halides is 2. The molecule has 1 aromatic rings. The minimum Gasteiger partial charge on any atom is -0.325 e. The number of carbonyl (C=O) groups is 1. The third kappa shape index (κ3) is 4.07. The highest BCUT2D eigenvalue weighted by Crippen LogP contribution is 2.35. The quantitative estimate of drug-likeness (QED) is 0.818. The van der Waals surface area contributed by atoms with Gasteiger partial charge in [-0.25, -0.2) is 8.78 Å². The number of rotatable bonds is 5. The van der Waals surface area contributed by atoms with E-state index >= 15 is 0 Å². The summed E-state index contributed by atoms with van der Waals surface area (Å²) >= 11 is 6.98. The van der Waals surface area contributed by atoms with Crippen LogP contribution in [0.1, 0.15) is 6.42 Å². The fraction of sp³-hybridized carbons (Fsp3) is 0.462. The van der Waals surface area contributed by atoms with Crippen LogP contribution in [0.5, 0.6) is 0 Å². The minimum atomic E-state index is -2.42. The summed E-state index contributed by atoms with van der Waals surface area (Å²) in [6.07, 6.45) is -1.63. The topological polar surface area (TPSA) is 41.1 Å². The van der Waals surface area contributed by atoms with E-state index in [0.29, 0.717) is 22.2 Å². The molecule has 20 heavy (non-hydrogen) atoms. The Morgan fingerprint density at radius 1 is 1.55 bits per heavy atom. The molecular formula is C13H15ClF2N2OS. The molecule has 0 saturated carbocycles. The van der Waals surface area contributed by atoms with Gasteiger partial charge in [0.15, 0.2) is 0 Å². The van der Waals surface area contributed by atoms with E-state index in [1.54, 1.807) is 18.2 Å². The molecule has 2 rings (SSSR count). The second-order valence-corrected chi connectivity index (χ2v) is 5.94. The number of amides is 1. The SMILES string of the molecule is O=C(Nc1cccc(Cl)c1SCC(F)F)C1CCNC1. The predicted octanol–water partition coefficient (Wildman–Crippen LogP) is 3.25. The van der Waals surface area contributed by atoms with Gasteiger partial charge in [-0.3, -0.25) is 4.79 Å². The zero-order valence-electron chi connectivity index (χ0n) is 10.7. The van der Waals surface area contributed by atoms with Crippen molar-refractivity contribution >= 4 is 35.0 Å². The van der Waals surface area contributed by atoms with Crippen molar-refractivity contribution in [3.8, 4) is 0 Å². The van der Waals surface area contributed by atoms with Gasteiger partial charge in [0.1, 0.15) is 0 Å². The lowest BCUT2D eigenvalue weighted by molar-refractivity contribution is -0.119. The number of nitrogens with one attached hydrogen (secondary N) is 2. The maximum absolute atomic E-state index is 12.3. The zero-order valence-corrected chi connectivity index (χ0v) is 12.2. The Morgan fingerprint density at radius 3 is 3.00 bits per heavy atom. The largest absolute Gasteiger partial charge is 0.325 e. The molecule has 0 aromatic heterocycles. The van der Waals surface area contributed by atoms with Crippen LogP contribution in [-0.2, 0) is 4.79 Å². The Kier molecular flexibility index (Phi) is 5.63. The lowest BCUT2D eigenvalue weighted by atomic mass is 10.1. The summed E-state index contributed by atoms with van der Waals surface area (Å²) in [4.78, 5) is 12.6. The molecule has 1 aliphatic rings. The molecule has 0 radical (unpaired) electrons. The van der Waals surface area contributed by atoms with Crippen LogP contribution in [0.2, 0.25) is 5.02 Å². The van der Waals surface area contributed by atoms with Gasteiger partial charge in [-0.2, -0.15) is 0 Å². The molecule has 1 atom stereocenters. The van der Waals surface area contributed by atoms with Crippen LogP contribution in [-0.4, -0.2) is 31.2 Å². The standard InChI is InChI=1S/C13H15ClF2N2OS/c14-9-2-1-3-10(12(9)20-7-11(15)16)18-13(19)8-4-5-17-6-8/h1-3,8,11,17H,4-7H2,(H,18,19). The summed E-state index contributed by atoms with van der Waals surface area (Å²) in [5, 5.41) is 6.27. The first-order chi connectivity index (χ1) is 9.58. The van der Waals surface area contributed by atoms with E-state index in [9.17, 15) is 13.6 Å². The van der Waals surface area contributed by atoms with Crippen LogP contribution >= 0.6 is 23.4 Å². The van der Waals surface area contributed by atoms with Crippen molar-refractivity contribution in [3.63, 3.8) is 0 Å². The first kappa shape index (κ1) is 15.5. The number of hydrogen-bond acceptors (Lipinski definition) is 3. The number of thioether (sulfide) groups is 1. The normalized spacial score (nSPS) is 18.5. The molecule has 7 heteroatoms. The minimum absolute atomic E-state index is 0.0815. The van der Waals surface area contributed by atoms with E-state index in [1.165, 1.54) is 0 Å². The molecule has 1 amide bonds. The highest BCUT2D eigenvalue weighted by molar-refractivity contribution is 7.99. The fourth-order valence-electron chi connectivity index (χ4n) is 2.01. The van der Waals surface area contributed by atoms with Crippen LogP contribution < -0.4 is 10.6 Å². The third-order valence-electron chi connectivity index (χ3n) is 3.01. The van der Waals surface area contributed by atoms with E-state index < -0.39 is 6.43 Å². The fourth-order valence-corrected chi connectivity index (χ4v) is 3.12. The van der Waals surface area contributed by atoms with Gasteiger partial charge in [-0.05, 0) is 25.1 Å². The van der Waals surface area contributed by atoms with Crippen molar-refractivity contribution < 1.29 is 13.6 Å². The van der Waals surface area contributed by atoms with Crippen molar-refractivity contribution in [3.05, 3.63) is 23.2 Å². The highest BCUT2D eigenvalue weighted by Gasteiger charge is 2.23. The van der Waals surface area contributed by atoms with E-state index in [4.69, 9.17) is 11.6 Å². The van der Waals surface area contributed by atoms with Crippen LogP contribution in [0.4, 0.5) is 14.5 Å². The number of benzene rings is 1.